The number of aldehydes is 1. The van der Waals surface area contributed by atoms with Gasteiger partial charge in [-0.05, 0) is 30.3 Å². The fourth-order valence-electron chi connectivity index (χ4n) is 2.41. The Labute approximate surface area is 171 Å². The van der Waals surface area contributed by atoms with E-state index in [4.69, 9.17) is 21.5 Å². The molecule has 1 aromatic carbocycles. The summed E-state index contributed by atoms with van der Waals surface area (Å²) in [6.45, 7) is 0.0597. The van der Waals surface area contributed by atoms with Crippen molar-refractivity contribution in [2.75, 3.05) is 11.9 Å². The highest BCUT2D eigenvalue weighted by atomic mass is 16.5. The van der Waals surface area contributed by atoms with Gasteiger partial charge in [-0.3, -0.25) is 4.79 Å². The molecule has 0 aliphatic heterocycles. The van der Waals surface area contributed by atoms with E-state index in [0.29, 0.717) is 29.0 Å². The highest BCUT2D eigenvalue weighted by molar-refractivity contribution is 5.92. The third-order valence-electron chi connectivity index (χ3n) is 3.93. The molecule has 150 valence electrons. The van der Waals surface area contributed by atoms with E-state index in [2.05, 4.69) is 20.3 Å². The van der Waals surface area contributed by atoms with Gasteiger partial charge >= 0.3 is 0 Å². The number of benzene rings is 1. The lowest BCUT2D eigenvalue weighted by Gasteiger charge is -2.13. The van der Waals surface area contributed by atoms with Gasteiger partial charge in [-0.15, -0.1) is 0 Å². The first-order valence-corrected chi connectivity index (χ1v) is 8.77. The number of carbonyl (C=O) groups is 2. The molecule has 10 nitrogen and oxygen atoms in total. The fourth-order valence-corrected chi connectivity index (χ4v) is 2.41. The monoisotopic (exact) mass is 403 g/mol. The van der Waals surface area contributed by atoms with Gasteiger partial charge in [0.1, 0.15) is 29.6 Å². The van der Waals surface area contributed by atoms with Gasteiger partial charge in [0.05, 0.1) is 11.6 Å². The Bertz CT molecular complexity index is 1090. The van der Waals surface area contributed by atoms with Crippen LogP contribution in [0.15, 0.2) is 48.7 Å². The van der Waals surface area contributed by atoms with E-state index in [0.717, 1.165) is 0 Å². The summed E-state index contributed by atoms with van der Waals surface area (Å²) < 4.78 is 5.64. The number of aromatic nitrogens is 3. The van der Waals surface area contributed by atoms with Gasteiger partial charge in [0, 0.05) is 30.4 Å². The molecule has 0 radical (unpaired) electrons. The van der Waals surface area contributed by atoms with Crippen molar-refractivity contribution in [2.24, 2.45) is 11.5 Å². The maximum Gasteiger partial charge on any atom is 0.267 e. The van der Waals surface area contributed by atoms with Crippen LogP contribution in [0.1, 0.15) is 16.1 Å². The van der Waals surface area contributed by atoms with Gasteiger partial charge in [0.2, 0.25) is 5.88 Å². The maximum atomic E-state index is 11.6. The quantitative estimate of drug-likeness (QED) is 0.468. The second-order valence-corrected chi connectivity index (χ2v) is 6.07. The normalized spacial score (nSPS) is 11.2. The zero-order chi connectivity index (χ0) is 21.5. The Morgan fingerprint density at radius 3 is 2.57 bits per heavy atom. The van der Waals surface area contributed by atoms with Crippen LogP contribution in [-0.4, -0.2) is 39.7 Å². The Balaban J connectivity index is 1.85. The summed E-state index contributed by atoms with van der Waals surface area (Å²) in [5.74, 6) is 0.590. The van der Waals surface area contributed by atoms with Crippen molar-refractivity contribution in [2.45, 2.75) is 6.04 Å². The molecule has 2 heterocycles. The molecule has 30 heavy (non-hydrogen) atoms. The molecule has 0 spiro atoms. The molecular weight excluding hydrogens is 386 g/mol. The Morgan fingerprint density at radius 1 is 1.23 bits per heavy atom. The van der Waals surface area contributed by atoms with Crippen LogP contribution >= 0.6 is 0 Å². The van der Waals surface area contributed by atoms with Gasteiger partial charge in [-0.25, -0.2) is 15.0 Å². The Kier molecular flexibility index (Phi) is 6.26. The number of hydrogen-bond donors (Lipinski definition) is 3. The van der Waals surface area contributed by atoms with Crippen molar-refractivity contribution in [3.05, 3.63) is 59.9 Å². The number of primary amides is 1. The number of ether oxygens (including phenoxy) is 1. The lowest BCUT2D eigenvalue weighted by molar-refractivity contribution is -0.108. The molecule has 5 N–H and O–H groups in total. The predicted octanol–water partition coefficient (Wildman–Crippen LogP) is 1.24. The zero-order valence-corrected chi connectivity index (χ0v) is 15.6. The summed E-state index contributed by atoms with van der Waals surface area (Å²) in [5.41, 5.74) is 11.9. The van der Waals surface area contributed by atoms with Gasteiger partial charge in [0.25, 0.3) is 5.91 Å². The molecule has 0 aliphatic rings. The molecule has 0 bridgehead atoms. The number of pyridine rings is 1. The molecule has 1 amide bonds. The molecule has 2 aromatic heterocycles. The molecule has 1 unspecified atom stereocenters. The summed E-state index contributed by atoms with van der Waals surface area (Å²) in [6.07, 6.45) is 2.06. The Hall–Kier alpha value is -4.36. The number of amides is 1. The van der Waals surface area contributed by atoms with Crippen LogP contribution < -0.4 is 21.5 Å². The van der Waals surface area contributed by atoms with E-state index in [1.807, 2.05) is 6.07 Å². The summed E-state index contributed by atoms with van der Waals surface area (Å²) in [7, 11) is 0. The molecule has 0 saturated carbocycles. The SMILES string of the molecule is N#Cc1ccc(Oc2ccc(-c3nc(NC(C=O)CN)cc(C(N)=O)n3)cc2)nc1. The van der Waals surface area contributed by atoms with Crippen molar-refractivity contribution >= 4 is 18.0 Å². The van der Waals surface area contributed by atoms with Gasteiger partial charge in [-0.2, -0.15) is 5.26 Å². The van der Waals surface area contributed by atoms with E-state index in [-0.39, 0.29) is 23.9 Å². The largest absolute Gasteiger partial charge is 0.439 e. The number of nitrogens with one attached hydrogen (secondary N) is 1. The molecule has 1 atom stereocenters. The number of carbonyl (C=O) groups excluding carboxylic acids is 2. The molecule has 3 rings (SSSR count). The fraction of sp³-hybridized carbons (Fsp3) is 0.100. The number of nitrogens with zero attached hydrogens (tertiary/aromatic N) is 4. The molecule has 0 aliphatic carbocycles. The zero-order valence-electron chi connectivity index (χ0n) is 15.6. The summed E-state index contributed by atoms with van der Waals surface area (Å²) in [6, 6.07) is 12.6. The smallest absolute Gasteiger partial charge is 0.267 e. The first-order chi connectivity index (χ1) is 14.5. The highest BCUT2D eigenvalue weighted by Gasteiger charge is 2.13. The first kappa shape index (κ1) is 20.4. The average molecular weight is 403 g/mol. The van der Waals surface area contributed by atoms with Crippen molar-refractivity contribution in [3.63, 3.8) is 0 Å². The van der Waals surface area contributed by atoms with Gasteiger partial charge in [-0.1, -0.05) is 0 Å². The van der Waals surface area contributed by atoms with Crippen LogP contribution in [-0.2, 0) is 4.79 Å². The minimum atomic E-state index is -0.732. The van der Waals surface area contributed by atoms with Crippen LogP contribution in [0.5, 0.6) is 11.6 Å². The third-order valence-corrected chi connectivity index (χ3v) is 3.93. The lowest BCUT2D eigenvalue weighted by Crippen LogP contribution is -2.30. The predicted molar refractivity (Wildman–Crippen MR) is 108 cm³/mol. The van der Waals surface area contributed by atoms with E-state index in [9.17, 15) is 9.59 Å². The number of hydrogen-bond acceptors (Lipinski definition) is 9. The van der Waals surface area contributed by atoms with Gasteiger partial charge in [0.15, 0.2) is 5.82 Å². The molecule has 0 saturated heterocycles. The van der Waals surface area contributed by atoms with Crippen molar-refractivity contribution in [3.8, 4) is 29.1 Å². The molecule has 3 aromatic rings. The van der Waals surface area contributed by atoms with Crippen LogP contribution in [0, 0.1) is 11.3 Å². The second-order valence-electron chi connectivity index (χ2n) is 6.07. The molecular formula is C20H17N7O3. The topological polar surface area (TPSA) is 170 Å². The van der Waals surface area contributed by atoms with Crippen molar-refractivity contribution in [1.29, 1.82) is 5.26 Å². The number of anilines is 1. The van der Waals surface area contributed by atoms with Gasteiger partial charge < -0.3 is 26.3 Å². The van der Waals surface area contributed by atoms with Crippen LogP contribution in [0.25, 0.3) is 11.4 Å². The van der Waals surface area contributed by atoms with E-state index < -0.39 is 11.9 Å². The maximum absolute atomic E-state index is 11.6. The number of nitriles is 1. The third kappa shape index (κ3) is 4.92. The molecule has 0 fully saturated rings. The second kappa shape index (κ2) is 9.22. The standard InChI is InChI=1S/C20H17N7O3/c21-8-12-1-6-18(24-10-12)30-15-4-2-13(3-5-15)20-26-16(19(23)29)7-17(27-20)25-14(9-22)11-28/h1-7,10-11,14H,9,22H2,(H2,23,29)(H,25,26,27). The van der Waals surface area contributed by atoms with E-state index in [1.165, 1.54) is 12.3 Å². The lowest BCUT2D eigenvalue weighted by atomic mass is 10.2. The number of nitrogens with two attached hydrogens (primary N) is 2. The van der Waals surface area contributed by atoms with E-state index >= 15 is 0 Å². The minimum absolute atomic E-state index is 0.00807. The summed E-state index contributed by atoms with van der Waals surface area (Å²) >= 11 is 0. The van der Waals surface area contributed by atoms with Crippen molar-refractivity contribution in [1.82, 2.24) is 15.0 Å². The molecule has 10 heteroatoms. The minimum Gasteiger partial charge on any atom is -0.439 e. The van der Waals surface area contributed by atoms with Crippen LogP contribution in [0.3, 0.4) is 0 Å². The number of rotatable bonds is 8. The summed E-state index contributed by atoms with van der Waals surface area (Å²) in [4.78, 5) is 35.2. The Morgan fingerprint density at radius 2 is 2.00 bits per heavy atom. The highest BCUT2D eigenvalue weighted by Crippen LogP contribution is 2.24. The van der Waals surface area contributed by atoms with Crippen LogP contribution in [0.4, 0.5) is 5.82 Å². The van der Waals surface area contributed by atoms with Crippen molar-refractivity contribution < 1.29 is 14.3 Å². The summed E-state index contributed by atoms with van der Waals surface area (Å²) in [5, 5.41) is 11.6. The van der Waals surface area contributed by atoms with Crippen LogP contribution in [0.2, 0.25) is 0 Å². The van der Waals surface area contributed by atoms with E-state index in [1.54, 1.807) is 36.4 Å². The average Bonchev–Trinajstić information content (AvgIpc) is 2.78. The first-order valence-electron chi connectivity index (χ1n) is 8.77.